The molecule has 0 aliphatic carbocycles. The van der Waals surface area contributed by atoms with Crippen LogP contribution in [0.1, 0.15) is 53.4 Å². The van der Waals surface area contributed by atoms with Crippen LogP contribution in [0.15, 0.2) is 59.0 Å². The van der Waals surface area contributed by atoms with E-state index in [0.29, 0.717) is 17.4 Å². The highest BCUT2D eigenvalue weighted by atomic mass is 16.3. The van der Waals surface area contributed by atoms with Crippen molar-refractivity contribution in [2.75, 3.05) is 5.32 Å². The molecule has 1 unspecified atom stereocenters. The normalized spacial score (nSPS) is 12.0. The molecule has 1 heterocycles. The van der Waals surface area contributed by atoms with E-state index in [0.717, 1.165) is 17.7 Å². The van der Waals surface area contributed by atoms with E-state index in [1.54, 1.807) is 6.07 Å². The molecule has 1 atom stereocenters. The van der Waals surface area contributed by atoms with Crippen LogP contribution in [0.3, 0.4) is 0 Å². The Hall–Kier alpha value is -2.81. The predicted octanol–water partition coefficient (Wildman–Crippen LogP) is 6.33. The predicted molar refractivity (Wildman–Crippen MR) is 107 cm³/mol. The van der Waals surface area contributed by atoms with Gasteiger partial charge in [0.25, 0.3) is 5.91 Å². The molecule has 0 spiro atoms. The van der Waals surface area contributed by atoms with Crippen molar-refractivity contribution in [3.05, 3.63) is 77.0 Å². The summed E-state index contributed by atoms with van der Waals surface area (Å²) >= 11 is 0. The van der Waals surface area contributed by atoms with Crippen LogP contribution in [0.4, 0.5) is 5.69 Å². The minimum absolute atomic E-state index is 0.239. The van der Waals surface area contributed by atoms with Crippen LogP contribution in [0.2, 0.25) is 0 Å². The Labute approximate surface area is 155 Å². The van der Waals surface area contributed by atoms with Crippen molar-refractivity contribution in [3.63, 3.8) is 0 Å². The summed E-state index contributed by atoms with van der Waals surface area (Å²) in [7, 11) is 0. The van der Waals surface area contributed by atoms with E-state index >= 15 is 0 Å². The molecular weight excluding hydrogens is 322 g/mol. The van der Waals surface area contributed by atoms with Gasteiger partial charge in [0, 0.05) is 11.3 Å². The fourth-order valence-corrected chi connectivity index (χ4v) is 2.83. The number of nitrogens with one attached hydrogen (secondary N) is 1. The van der Waals surface area contributed by atoms with Crippen molar-refractivity contribution in [1.29, 1.82) is 0 Å². The fraction of sp³-hybridized carbons (Fsp3) is 0.261. The highest BCUT2D eigenvalue weighted by Crippen LogP contribution is 2.25. The molecule has 0 fully saturated rings. The lowest BCUT2D eigenvalue weighted by atomic mass is 9.99. The van der Waals surface area contributed by atoms with Gasteiger partial charge in [0.1, 0.15) is 5.76 Å². The van der Waals surface area contributed by atoms with E-state index in [4.69, 9.17) is 4.42 Å². The maximum Gasteiger partial charge on any atom is 0.291 e. The summed E-state index contributed by atoms with van der Waals surface area (Å²) in [6.45, 7) is 8.51. The van der Waals surface area contributed by atoms with E-state index in [9.17, 15) is 4.79 Å². The number of benzene rings is 2. The first-order chi connectivity index (χ1) is 12.5. The van der Waals surface area contributed by atoms with Crippen LogP contribution in [-0.2, 0) is 0 Å². The van der Waals surface area contributed by atoms with E-state index < -0.39 is 0 Å². The number of amides is 1. The third-order valence-electron chi connectivity index (χ3n) is 4.97. The second-order valence-corrected chi connectivity index (χ2v) is 6.85. The SMILES string of the molecule is CCC(C)c1ccc(NC(=O)c2ccc(-c3ccc(C)c(C)c3)o2)cc1. The number of carbonyl (C=O) groups is 1. The Morgan fingerprint density at radius 1 is 1.00 bits per heavy atom. The number of rotatable bonds is 5. The molecular formula is C23H25NO2. The zero-order valence-electron chi connectivity index (χ0n) is 15.8. The molecule has 3 nitrogen and oxygen atoms in total. The van der Waals surface area contributed by atoms with E-state index in [1.807, 2.05) is 24.3 Å². The third kappa shape index (κ3) is 3.88. The molecule has 0 aliphatic heterocycles. The van der Waals surface area contributed by atoms with E-state index in [2.05, 4.69) is 57.3 Å². The highest BCUT2D eigenvalue weighted by molar-refractivity contribution is 6.02. The van der Waals surface area contributed by atoms with Gasteiger partial charge >= 0.3 is 0 Å². The quantitative estimate of drug-likeness (QED) is 0.586. The number of hydrogen-bond acceptors (Lipinski definition) is 2. The van der Waals surface area contributed by atoms with Crippen molar-refractivity contribution in [3.8, 4) is 11.3 Å². The van der Waals surface area contributed by atoms with Crippen molar-refractivity contribution in [2.45, 2.75) is 40.0 Å². The largest absolute Gasteiger partial charge is 0.451 e. The van der Waals surface area contributed by atoms with Crippen LogP contribution < -0.4 is 5.32 Å². The van der Waals surface area contributed by atoms with Gasteiger partial charge in [-0.15, -0.1) is 0 Å². The summed E-state index contributed by atoms with van der Waals surface area (Å²) in [5.74, 6) is 1.29. The van der Waals surface area contributed by atoms with Crippen LogP contribution in [0.5, 0.6) is 0 Å². The lowest BCUT2D eigenvalue weighted by Crippen LogP contribution is -2.10. The minimum atomic E-state index is -0.239. The maximum absolute atomic E-state index is 12.4. The van der Waals surface area contributed by atoms with Crippen molar-refractivity contribution in [1.82, 2.24) is 0 Å². The molecule has 26 heavy (non-hydrogen) atoms. The number of furan rings is 1. The number of carbonyl (C=O) groups excluding carboxylic acids is 1. The molecule has 2 aromatic carbocycles. The van der Waals surface area contributed by atoms with Gasteiger partial charge in [0.15, 0.2) is 5.76 Å². The molecule has 0 saturated carbocycles. The first-order valence-corrected chi connectivity index (χ1v) is 9.06. The van der Waals surface area contributed by atoms with Gasteiger partial charge in [-0.25, -0.2) is 0 Å². The van der Waals surface area contributed by atoms with Crippen LogP contribution >= 0.6 is 0 Å². The summed E-state index contributed by atoms with van der Waals surface area (Å²) < 4.78 is 5.77. The van der Waals surface area contributed by atoms with Crippen LogP contribution in [0, 0.1) is 13.8 Å². The van der Waals surface area contributed by atoms with Gasteiger partial charge in [-0.05, 0) is 73.2 Å². The average molecular weight is 347 g/mol. The second kappa shape index (κ2) is 7.61. The summed E-state index contributed by atoms with van der Waals surface area (Å²) in [5, 5.41) is 2.89. The van der Waals surface area contributed by atoms with Crippen molar-refractivity contribution < 1.29 is 9.21 Å². The maximum atomic E-state index is 12.4. The average Bonchev–Trinajstić information content (AvgIpc) is 3.14. The molecule has 3 rings (SSSR count). The van der Waals surface area contributed by atoms with Crippen molar-refractivity contribution in [2.24, 2.45) is 0 Å². The Morgan fingerprint density at radius 2 is 1.73 bits per heavy atom. The molecule has 1 amide bonds. The molecule has 0 radical (unpaired) electrons. The fourth-order valence-electron chi connectivity index (χ4n) is 2.83. The summed E-state index contributed by atoms with van der Waals surface area (Å²) in [4.78, 5) is 12.4. The summed E-state index contributed by atoms with van der Waals surface area (Å²) in [5.41, 5.74) is 5.46. The van der Waals surface area contributed by atoms with Gasteiger partial charge in [-0.2, -0.15) is 0 Å². The van der Waals surface area contributed by atoms with Crippen LogP contribution in [0.25, 0.3) is 11.3 Å². The second-order valence-electron chi connectivity index (χ2n) is 6.85. The molecule has 134 valence electrons. The van der Waals surface area contributed by atoms with Gasteiger partial charge in [0.2, 0.25) is 0 Å². The number of anilines is 1. The Kier molecular flexibility index (Phi) is 5.27. The van der Waals surface area contributed by atoms with Gasteiger partial charge < -0.3 is 9.73 Å². The lowest BCUT2D eigenvalue weighted by molar-refractivity contribution is 0.0997. The molecule has 0 bridgehead atoms. The Balaban J connectivity index is 1.72. The zero-order chi connectivity index (χ0) is 18.7. The standard InChI is InChI=1S/C23H25NO2/c1-5-15(2)18-8-10-20(11-9-18)24-23(25)22-13-12-21(26-22)19-7-6-16(3)17(4)14-19/h6-15H,5H2,1-4H3,(H,24,25). The Bertz CT molecular complexity index is 906. The lowest BCUT2D eigenvalue weighted by Gasteiger charge is -2.10. The molecule has 3 heteroatoms. The van der Waals surface area contributed by atoms with E-state index in [-0.39, 0.29) is 5.91 Å². The van der Waals surface area contributed by atoms with E-state index in [1.165, 1.54) is 16.7 Å². The molecule has 1 N–H and O–H groups in total. The first-order valence-electron chi connectivity index (χ1n) is 9.06. The van der Waals surface area contributed by atoms with Gasteiger partial charge in [-0.1, -0.05) is 38.1 Å². The summed E-state index contributed by atoms with van der Waals surface area (Å²) in [6.07, 6.45) is 1.10. The zero-order valence-corrected chi connectivity index (χ0v) is 15.8. The summed E-state index contributed by atoms with van der Waals surface area (Å²) in [6, 6.07) is 17.7. The molecule has 0 aliphatic rings. The Morgan fingerprint density at radius 3 is 2.38 bits per heavy atom. The molecule has 1 aromatic heterocycles. The highest BCUT2D eigenvalue weighted by Gasteiger charge is 2.13. The number of hydrogen-bond donors (Lipinski definition) is 1. The third-order valence-corrected chi connectivity index (χ3v) is 4.97. The van der Waals surface area contributed by atoms with Gasteiger partial charge in [-0.3, -0.25) is 4.79 Å². The molecule has 3 aromatic rings. The molecule has 0 saturated heterocycles. The smallest absolute Gasteiger partial charge is 0.291 e. The van der Waals surface area contributed by atoms with Crippen LogP contribution in [-0.4, -0.2) is 5.91 Å². The first kappa shape index (κ1) is 18.0. The van der Waals surface area contributed by atoms with Crippen molar-refractivity contribution >= 4 is 11.6 Å². The number of aryl methyl sites for hydroxylation is 2. The monoisotopic (exact) mass is 347 g/mol. The topological polar surface area (TPSA) is 42.2 Å². The minimum Gasteiger partial charge on any atom is -0.451 e. The van der Waals surface area contributed by atoms with Gasteiger partial charge in [0.05, 0.1) is 0 Å².